The summed E-state index contributed by atoms with van der Waals surface area (Å²) < 4.78 is 103. The molecule has 0 aromatic heterocycles. The Kier molecular flexibility index (Phi) is 4.18. The van der Waals surface area contributed by atoms with Gasteiger partial charge in [-0.05, 0) is 26.2 Å². The standard InChI is InChI=1S/C11H13F5O6S/c1-9-4-5(2-3-6(9)22-9)7(17)21-8(10(12,13)14)11(15,16)23(18,19)20/h5-6,8H,2-4H2,1H3,(H,18,19,20). The zero-order valence-electron chi connectivity index (χ0n) is 11.6. The van der Waals surface area contributed by atoms with Crippen molar-refractivity contribution in [1.29, 1.82) is 0 Å². The van der Waals surface area contributed by atoms with Crippen molar-refractivity contribution in [2.75, 3.05) is 0 Å². The number of carbonyl (C=O) groups excluding carboxylic acids is 1. The molecule has 1 heterocycles. The van der Waals surface area contributed by atoms with Gasteiger partial charge in [0.25, 0.3) is 6.10 Å². The Morgan fingerprint density at radius 1 is 1.30 bits per heavy atom. The summed E-state index contributed by atoms with van der Waals surface area (Å²) in [6.45, 7) is 1.62. The largest absolute Gasteiger partial charge is 0.444 e. The van der Waals surface area contributed by atoms with Gasteiger partial charge in [-0.3, -0.25) is 9.35 Å². The molecule has 0 aromatic carbocycles. The molecule has 0 amide bonds. The molecule has 12 heteroatoms. The number of fused-ring (bicyclic) bond motifs is 1. The zero-order chi connectivity index (χ0) is 17.8. The van der Waals surface area contributed by atoms with E-state index in [0.717, 1.165) is 0 Å². The van der Waals surface area contributed by atoms with E-state index in [2.05, 4.69) is 4.74 Å². The van der Waals surface area contributed by atoms with Gasteiger partial charge in [0, 0.05) is 0 Å². The molecular weight excluding hydrogens is 355 g/mol. The molecule has 0 radical (unpaired) electrons. The summed E-state index contributed by atoms with van der Waals surface area (Å²) in [7, 11) is -6.43. The molecule has 23 heavy (non-hydrogen) atoms. The van der Waals surface area contributed by atoms with Crippen LogP contribution in [0.3, 0.4) is 0 Å². The monoisotopic (exact) mass is 368 g/mol. The maximum atomic E-state index is 13.3. The molecule has 1 N–H and O–H groups in total. The molecule has 2 rings (SSSR count). The summed E-state index contributed by atoms with van der Waals surface area (Å²) in [4.78, 5) is 11.7. The lowest BCUT2D eigenvalue weighted by molar-refractivity contribution is -0.261. The molecule has 134 valence electrons. The Hall–Kier alpha value is -1.01. The van der Waals surface area contributed by atoms with E-state index < -0.39 is 45.1 Å². The van der Waals surface area contributed by atoms with Crippen molar-refractivity contribution in [2.24, 2.45) is 5.92 Å². The Labute approximate surface area is 127 Å². The fourth-order valence-electron chi connectivity index (χ4n) is 2.65. The SMILES string of the molecule is CC12CC(C(=O)OC(C(F)(F)F)C(F)(F)S(=O)(=O)O)CCC1O2. The number of hydrogen-bond acceptors (Lipinski definition) is 5. The van der Waals surface area contributed by atoms with Gasteiger partial charge in [-0.15, -0.1) is 0 Å². The van der Waals surface area contributed by atoms with Crippen LogP contribution in [0.2, 0.25) is 0 Å². The normalized spacial score (nSPS) is 32.8. The predicted molar refractivity (Wildman–Crippen MR) is 63.0 cm³/mol. The Morgan fingerprint density at radius 3 is 2.30 bits per heavy atom. The van der Waals surface area contributed by atoms with Gasteiger partial charge in [0.2, 0.25) is 0 Å². The van der Waals surface area contributed by atoms with E-state index in [-0.39, 0.29) is 18.9 Å². The molecule has 6 nitrogen and oxygen atoms in total. The minimum atomic E-state index is -6.43. The summed E-state index contributed by atoms with van der Waals surface area (Å²) in [6, 6.07) is 0. The molecule has 1 aliphatic carbocycles. The summed E-state index contributed by atoms with van der Waals surface area (Å²) in [5.74, 6) is -2.73. The minimum Gasteiger partial charge on any atom is -0.444 e. The second-order valence-electron chi connectivity index (χ2n) is 5.79. The van der Waals surface area contributed by atoms with E-state index >= 15 is 0 Å². The second-order valence-corrected chi connectivity index (χ2v) is 7.29. The van der Waals surface area contributed by atoms with Crippen molar-refractivity contribution < 1.29 is 49.2 Å². The molecule has 2 fully saturated rings. The van der Waals surface area contributed by atoms with Crippen molar-refractivity contribution in [1.82, 2.24) is 0 Å². The molecule has 0 aromatic rings. The molecule has 4 atom stereocenters. The quantitative estimate of drug-likeness (QED) is 0.353. The average molecular weight is 368 g/mol. The smallest absolute Gasteiger partial charge is 0.432 e. The van der Waals surface area contributed by atoms with Gasteiger partial charge >= 0.3 is 27.5 Å². The van der Waals surface area contributed by atoms with E-state index in [1.165, 1.54) is 0 Å². The highest BCUT2D eigenvalue weighted by atomic mass is 32.2. The lowest BCUT2D eigenvalue weighted by Gasteiger charge is -2.29. The summed E-state index contributed by atoms with van der Waals surface area (Å²) in [5, 5.41) is -5.71. The van der Waals surface area contributed by atoms with Crippen LogP contribution in [0, 0.1) is 5.92 Å². The van der Waals surface area contributed by atoms with E-state index in [1.54, 1.807) is 6.92 Å². The van der Waals surface area contributed by atoms with E-state index in [4.69, 9.17) is 9.29 Å². The highest BCUT2D eigenvalue weighted by Crippen LogP contribution is 2.50. The lowest BCUT2D eigenvalue weighted by Crippen LogP contribution is -2.53. The van der Waals surface area contributed by atoms with Gasteiger partial charge in [-0.2, -0.15) is 30.4 Å². The first-order valence-electron chi connectivity index (χ1n) is 6.48. The van der Waals surface area contributed by atoms with Crippen LogP contribution in [-0.4, -0.2) is 48.2 Å². The first-order chi connectivity index (χ1) is 10.2. The van der Waals surface area contributed by atoms with E-state index in [0.29, 0.717) is 6.42 Å². The lowest BCUT2D eigenvalue weighted by atomic mass is 9.82. The third kappa shape index (κ3) is 3.43. The maximum absolute atomic E-state index is 13.3. The number of ether oxygens (including phenoxy) is 2. The van der Waals surface area contributed by atoms with Gasteiger partial charge in [0.1, 0.15) is 0 Å². The van der Waals surface area contributed by atoms with Crippen LogP contribution < -0.4 is 0 Å². The van der Waals surface area contributed by atoms with Crippen LogP contribution in [0.25, 0.3) is 0 Å². The minimum absolute atomic E-state index is 0.0154. The van der Waals surface area contributed by atoms with Crippen molar-refractivity contribution in [3.63, 3.8) is 0 Å². The van der Waals surface area contributed by atoms with Gasteiger partial charge < -0.3 is 9.47 Å². The summed E-state index contributed by atoms with van der Waals surface area (Å²) >= 11 is 0. The van der Waals surface area contributed by atoms with Crippen LogP contribution in [0.15, 0.2) is 0 Å². The van der Waals surface area contributed by atoms with Crippen LogP contribution in [0.5, 0.6) is 0 Å². The number of carbonyl (C=O) groups is 1. The molecule has 0 bridgehead atoms. The van der Waals surface area contributed by atoms with Crippen LogP contribution >= 0.6 is 0 Å². The fraction of sp³-hybridized carbons (Fsp3) is 0.909. The summed E-state index contributed by atoms with van der Waals surface area (Å²) in [6.07, 6.45) is -9.90. The van der Waals surface area contributed by atoms with Gasteiger partial charge in [-0.1, -0.05) is 0 Å². The first-order valence-corrected chi connectivity index (χ1v) is 7.92. The third-order valence-corrected chi connectivity index (χ3v) is 4.88. The van der Waals surface area contributed by atoms with Gasteiger partial charge in [0.05, 0.1) is 17.6 Å². The predicted octanol–water partition coefficient (Wildman–Crippen LogP) is 1.90. The van der Waals surface area contributed by atoms with Crippen LogP contribution in [-0.2, 0) is 24.4 Å². The highest BCUT2D eigenvalue weighted by Gasteiger charge is 2.66. The topological polar surface area (TPSA) is 93.2 Å². The van der Waals surface area contributed by atoms with E-state index in [1.807, 2.05) is 0 Å². The number of epoxide rings is 1. The second kappa shape index (κ2) is 5.24. The van der Waals surface area contributed by atoms with Crippen molar-refractivity contribution in [3.05, 3.63) is 0 Å². The Bertz CT molecular complexity index is 603. The number of halogens is 5. The highest BCUT2D eigenvalue weighted by molar-refractivity contribution is 7.86. The Balaban J connectivity index is 2.17. The molecule has 4 unspecified atom stereocenters. The van der Waals surface area contributed by atoms with E-state index in [9.17, 15) is 35.2 Å². The molecule has 1 saturated carbocycles. The van der Waals surface area contributed by atoms with Crippen molar-refractivity contribution >= 4 is 16.1 Å². The zero-order valence-corrected chi connectivity index (χ0v) is 12.5. The maximum Gasteiger partial charge on any atom is 0.432 e. The third-order valence-electron chi connectivity index (χ3n) is 3.98. The number of esters is 1. The van der Waals surface area contributed by atoms with Crippen LogP contribution in [0.1, 0.15) is 26.2 Å². The first kappa shape index (κ1) is 18.3. The van der Waals surface area contributed by atoms with Gasteiger partial charge in [-0.25, -0.2) is 0 Å². The number of rotatable bonds is 4. The van der Waals surface area contributed by atoms with Gasteiger partial charge in [0.15, 0.2) is 0 Å². The molecule has 2 aliphatic rings. The molecule has 0 spiro atoms. The van der Waals surface area contributed by atoms with Crippen molar-refractivity contribution in [2.45, 2.75) is 55.4 Å². The van der Waals surface area contributed by atoms with Crippen molar-refractivity contribution in [3.8, 4) is 0 Å². The number of hydrogen-bond donors (Lipinski definition) is 1. The fourth-order valence-corrected chi connectivity index (χ4v) is 3.11. The number of alkyl halides is 5. The molecule has 1 saturated heterocycles. The summed E-state index contributed by atoms with van der Waals surface area (Å²) in [5.41, 5.74) is -0.707. The van der Waals surface area contributed by atoms with Crippen LogP contribution in [0.4, 0.5) is 22.0 Å². The molecular formula is C11H13F5O6S. The molecule has 1 aliphatic heterocycles. The Morgan fingerprint density at radius 2 is 1.87 bits per heavy atom. The average Bonchev–Trinajstić information content (AvgIpc) is 3.02.